The monoisotopic (exact) mass is 342 g/mol. The molecule has 1 aromatic rings. The van der Waals surface area contributed by atoms with E-state index < -0.39 is 11.9 Å². The van der Waals surface area contributed by atoms with Crippen LogP contribution >= 0.6 is 0 Å². The zero-order valence-electron chi connectivity index (χ0n) is 13.7. The van der Waals surface area contributed by atoms with Crippen LogP contribution in [0, 0.1) is 0 Å². The summed E-state index contributed by atoms with van der Waals surface area (Å²) < 4.78 is 0. The van der Waals surface area contributed by atoms with Crippen molar-refractivity contribution in [3.05, 3.63) is 41.5 Å². The van der Waals surface area contributed by atoms with Crippen LogP contribution in [0.15, 0.2) is 30.3 Å². The minimum Gasteiger partial charge on any atom is -0.545 e. The van der Waals surface area contributed by atoms with Crippen molar-refractivity contribution in [3.63, 3.8) is 0 Å². The quantitative estimate of drug-likeness (QED) is 0.362. The minimum absolute atomic E-state index is 0. The Morgan fingerprint density at radius 2 is 1.61 bits per heavy atom. The molecule has 0 N–H and O–H groups in total. The first kappa shape index (κ1) is 22.2. The summed E-state index contributed by atoms with van der Waals surface area (Å²) in [6, 6.07) is 6.94. The van der Waals surface area contributed by atoms with Gasteiger partial charge in [-0.3, -0.25) is 0 Å². The van der Waals surface area contributed by atoms with Crippen LogP contribution in [0.25, 0.3) is 5.57 Å². The number of carboxylic acids is 2. The van der Waals surface area contributed by atoms with Crippen LogP contribution in [0.4, 0.5) is 0 Å². The Balaban J connectivity index is 0.00000484. The van der Waals surface area contributed by atoms with Gasteiger partial charge in [-0.2, -0.15) is 0 Å². The molecule has 0 aliphatic rings. The molecule has 0 saturated carbocycles. The number of hydrogen-bond acceptors (Lipinski definition) is 4. The summed E-state index contributed by atoms with van der Waals surface area (Å²) in [5.41, 5.74) is 0.900. The molecule has 0 atom stereocenters. The SMILES string of the molecule is CCCCCCCCc1ccccc1/C(=C/C(=O)[O-])C(=O)[O-].[Ca+2]. The number of aliphatic carboxylic acids is 2. The molecule has 0 bridgehead atoms. The smallest absolute Gasteiger partial charge is 0.545 e. The summed E-state index contributed by atoms with van der Waals surface area (Å²) >= 11 is 0. The summed E-state index contributed by atoms with van der Waals surface area (Å²) in [5, 5.41) is 21.8. The van der Waals surface area contributed by atoms with Gasteiger partial charge in [-0.05, 0) is 30.0 Å². The number of carboxylic acid groups (broad SMARTS) is 2. The van der Waals surface area contributed by atoms with Crippen molar-refractivity contribution in [2.24, 2.45) is 0 Å². The molecule has 0 aromatic heterocycles. The Labute approximate surface area is 167 Å². The Kier molecular flexibility index (Phi) is 12.1. The van der Waals surface area contributed by atoms with E-state index in [0.717, 1.165) is 31.2 Å². The second-order valence-corrected chi connectivity index (χ2v) is 5.34. The first-order valence-electron chi connectivity index (χ1n) is 7.78. The van der Waals surface area contributed by atoms with Crippen LogP contribution in [-0.2, 0) is 16.0 Å². The number of carbonyl (C=O) groups is 2. The second kappa shape index (κ2) is 12.6. The molecule has 0 radical (unpaired) electrons. The molecular weight excluding hydrogens is 320 g/mol. The number of hydrogen-bond donors (Lipinski definition) is 0. The van der Waals surface area contributed by atoms with Gasteiger partial charge in [0.15, 0.2) is 0 Å². The second-order valence-electron chi connectivity index (χ2n) is 5.34. The summed E-state index contributed by atoms with van der Waals surface area (Å²) in [6.45, 7) is 2.17. The first-order valence-corrected chi connectivity index (χ1v) is 7.78. The van der Waals surface area contributed by atoms with Gasteiger partial charge in [0.25, 0.3) is 0 Å². The molecule has 0 aliphatic carbocycles. The summed E-state index contributed by atoms with van der Waals surface area (Å²) in [7, 11) is 0. The molecule has 0 spiro atoms. The third kappa shape index (κ3) is 8.54. The van der Waals surface area contributed by atoms with Gasteiger partial charge < -0.3 is 19.8 Å². The molecule has 0 aliphatic heterocycles. The van der Waals surface area contributed by atoms with Gasteiger partial charge in [0.1, 0.15) is 0 Å². The molecule has 0 saturated heterocycles. The fraction of sp³-hybridized carbons (Fsp3) is 0.444. The van der Waals surface area contributed by atoms with Crippen LogP contribution in [-0.4, -0.2) is 49.7 Å². The molecule has 4 nitrogen and oxygen atoms in total. The molecular formula is C18H22CaO4. The van der Waals surface area contributed by atoms with Crippen molar-refractivity contribution >= 4 is 55.2 Å². The molecule has 120 valence electrons. The van der Waals surface area contributed by atoms with Gasteiger partial charge in [-0.25, -0.2) is 0 Å². The van der Waals surface area contributed by atoms with Gasteiger partial charge in [0.05, 0.1) is 11.9 Å². The predicted octanol–water partition coefficient (Wildman–Crippen LogP) is 1.09. The number of aryl methyl sites for hydroxylation is 1. The number of benzene rings is 1. The number of rotatable bonds is 10. The van der Waals surface area contributed by atoms with E-state index in [-0.39, 0.29) is 43.3 Å². The van der Waals surface area contributed by atoms with Crippen LogP contribution < -0.4 is 10.2 Å². The van der Waals surface area contributed by atoms with Crippen LogP contribution in [0.1, 0.15) is 56.6 Å². The normalized spacial score (nSPS) is 10.9. The van der Waals surface area contributed by atoms with E-state index in [9.17, 15) is 19.8 Å². The molecule has 1 aromatic carbocycles. The standard InChI is InChI=1S/C18H24O4.Ca/c1-2-3-4-5-6-7-10-14-11-8-9-12-15(14)16(18(21)22)13-17(19)20;/h8-9,11-13H,2-7,10H2,1H3,(H,19,20)(H,21,22);/q;+2/p-2/b16-13-;. The summed E-state index contributed by atoms with van der Waals surface area (Å²) in [4.78, 5) is 21.8. The zero-order chi connectivity index (χ0) is 16.4. The maximum atomic E-state index is 11.2. The average Bonchev–Trinajstić information content (AvgIpc) is 2.48. The van der Waals surface area contributed by atoms with Crippen molar-refractivity contribution in [1.82, 2.24) is 0 Å². The Bertz CT molecular complexity index is 538. The van der Waals surface area contributed by atoms with Gasteiger partial charge in [0, 0.05) is 5.57 Å². The average molecular weight is 342 g/mol. The van der Waals surface area contributed by atoms with E-state index in [1.807, 2.05) is 12.1 Å². The van der Waals surface area contributed by atoms with Gasteiger partial charge in [-0.15, -0.1) is 0 Å². The third-order valence-electron chi connectivity index (χ3n) is 3.59. The number of carbonyl (C=O) groups excluding carboxylic acids is 2. The summed E-state index contributed by atoms with van der Waals surface area (Å²) in [6.07, 6.45) is 8.16. The zero-order valence-corrected chi connectivity index (χ0v) is 15.9. The first-order chi connectivity index (χ1) is 10.6. The van der Waals surface area contributed by atoms with Gasteiger partial charge >= 0.3 is 37.7 Å². The predicted molar refractivity (Wildman–Crippen MR) is 87.3 cm³/mol. The third-order valence-corrected chi connectivity index (χ3v) is 3.59. The van der Waals surface area contributed by atoms with E-state index >= 15 is 0 Å². The molecule has 5 heteroatoms. The maximum Gasteiger partial charge on any atom is 2.00 e. The molecule has 0 fully saturated rings. The van der Waals surface area contributed by atoms with Crippen LogP contribution in [0.2, 0.25) is 0 Å². The molecule has 1 rings (SSSR count). The molecule has 0 unspecified atom stereocenters. The fourth-order valence-corrected chi connectivity index (χ4v) is 2.46. The van der Waals surface area contributed by atoms with Crippen molar-refractivity contribution in [1.29, 1.82) is 0 Å². The Morgan fingerprint density at radius 1 is 1.00 bits per heavy atom. The van der Waals surface area contributed by atoms with E-state index in [0.29, 0.717) is 11.6 Å². The largest absolute Gasteiger partial charge is 2.00 e. The molecule has 23 heavy (non-hydrogen) atoms. The van der Waals surface area contributed by atoms with Gasteiger partial charge in [0.2, 0.25) is 0 Å². The topological polar surface area (TPSA) is 80.3 Å². The molecule has 0 heterocycles. The van der Waals surface area contributed by atoms with Crippen molar-refractivity contribution < 1.29 is 19.8 Å². The van der Waals surface area contributed by atoms with E-state index in [4.69, 9.17) is 0 Å². The Morgan fingerprint density at radius 3 is 2.22 bits per heavy atom. The van der Waals surface area contributed by atoms with E-state index in [1.54, 1.807) is 12.1 Å². The van der Waals surface area contributed by atoms with Crippen LogP contribution in [0.3, 0.4) is 0 Å². The Hall–Kier alpha value is -0.840. The fourth-order valence-electron chi connectivity index (χ4n) is 2.46. The van der Waals surface area contributed by atoms with Crippen molar-refractivity contribution in [3.8, 4) is 0 Å². The molecule has 0 amide bonds. The summed E-state index contributed by atoms with van der Waals surface area (Å²) in [5.74, 6) is -3.03. The van der Waals surface area contributed by atoms with Gasteiger partial charge in [-0.1, -0.05) is 63.3 Å². The van der Waals surface area contributed by atoms with Crippen molar-refractivity contribution in [2.75, 3.05) is 0 Å². The maximum absolute atomic E-state index is 11.2. The van der Waals surface area contributed by atoms with Crippen LogP contribution in [0.5, 0.6) is 0 Å². The van der Waals surface area contributed by atoms with Crippen molar-refractivity contribution in [2.45, 2.75) is 51.9 Å². The van der Waals surface area contributed by atoms with E-state index in [2.05, 4.69) is 6.92 Å². The number of unbranched alkanes of at least 4 members (excludes halogenated alkanes) is 5. The minimum atomic E-state index is -1.53. The van der Waals surface area contributed by atoms with E-state index in [1.165, 1.54) is 19.3 Å².